The molecule has 0 aliphatic carbocycles. The van der Waals surface area contributed by atoms with Crippen LogP contribution >= 0.6 is 0 Å². The van der Waals surface area contributed by atoms with Crippen LogP contribution in [0.25, 0.3) is 11.2 Å². The maximum Gasteiger partial charge on any atom is 0.332 e. The van der Waals surface area contributed by atoms with Gasteiger partial charge in [0.1, 0.15) is 24.5 Å². The lowest BCUT2D eigenvalue weighted by molar-refractivity contribution is -0.116. The number of anilines is 2. The molecule has 0 bridgehead atoms. The standard InChI is InChI=1S/C19H24N8O3/c1-12-4-6-26(7-5-12)14-8-13(20-10-21-14)23-15(28)9-27-11-22-17-16(27)18(29)25(3)19(30)24(17)2/h8,10-12H,4-7,9H2,1-3H3,(H,20,21,23,28). The smallest absolute Gasteiger partial charge is 0.332 e. The van der Waals surface area contributed by atoms with Gasteiger partial charge in [-0.3, -0.25) is 18.7 Å². The number of amides is 1. The van der Waals surface area contributed by atoms with E-state index >= 15 is 0 Å². The lowest BCUT2D eigenvalue weighted by Gasteiger charge is -2.31. The molecule has 11 nitrogen and oxygen atoms in total. The Bertz CT molecular complexity index is 1220. The molecule has 0 aromatic carbocycles. The Labute approximate surface area is 172 Å². The van der Waals surface area contributed by atoms with Crippen LogP contribution in [0.2, 0.25) is 0 Å². The minimum atomic E-state index is -0.498. The highest BCUT2D eigenvalue weighted by Gasteiger charge is 2.19. The van der Waals surface area contributed by atoms with E-state index in [1.807, 2.05) is 0 Å². The summed E-state index contributed by atoms with van der Waals surface area (Å²) >= 11 is 0. The summed E-state index contributed by atoms with van der Waals surface area (Å²) in [5, 5.41) is 2.75. The first-order valence-electron chi connectivity index (χ1n) is 9.83. The average Bonchev–Trinajstić information content (AvgIpc) is 3.15. The van der Waals surface area contributed by atoms with Crippen LogP contribution in [-0.4, -0.2) is 47.6 Å². The molecule has 4 rings (SSSR count). The number of carbonyl (C=O) groups is 1. The zero-order chi connectivity index (χ0) is 21.4. The Morgan fingerprint density at radius 2 is 1.87 bits per heavy atom. The molecule has 1 N–H and O–H groups in total. The minimum absolute atomic E-state index is 0.134. The van der Waals surface area contributed by atoms with Gasteiger partial charge >= 0.3 is 5.69 Å². The lowest BCUT2D eigenvalue weighted by atomic mass is 9.99. The third-order valence-corrected chi connectivity index (χ3v) is 5.56. The largest absolute Gasteiger partial charge is 0.356 e. The van der Waals surface area contributed by atoms with Crippen molar-refractivity contribution in [2.24, 2.45) is 20.0 Å². The van der Waals surface area contributed by atoms with Crippen molar-refractivity contribution in [3.8, 4) is 0 Å². The first-order valence-corrected chi connectivity index (χ1v) is 9.83. The van der Waals surface area contributed by atoms with E-state index < -0.39 is 11.2 Å². The van der Waals surface area contributed by atoms with Gasteiger partial charge in [0.05, 0.1) is 6.33 Å². The second kappa shape index (κ2) is 7.73. The fourth-order valence-electron chi connectivity index (χ4n) is 3.68. The van der Waals surface area contributed by atoms with Crippen molar-refractivity contribution in [3.05, 3.63) is 39.6 Å². The molecule has 4 heterocycles. The van der Waals surface area contributed by atoms with Crippen molar-refractivity contribution in [1.29, 1.82) is 0 Å². The minimum Gasteiger partial charge on any atom is -0.356 e. The topological polar surface area (TPSA) is 120 Å². The number of nitrogens with one attached hydrogen (secondary N) is 1. The Balaban J connectivity index is 1.53. The van der Waals surface area contributed by atoms with E-state index in [0.717, 1.165) is 36.3 Å². The maximum atomic E-state index is 12.6. The first-order chi connectivity index (χ1) is 14.3. The number of nitrogens with zero attached hydrogens (tertiary/aromatic N) is 7. The third kappa shape index (κ3) is 3.58. The van der Waals surface area contributed by atoms with Gasteiger partial charge in [-0.2, -0.15) is 0 Å². The summed E-state index contributed by atoms with van der Waals surface area (Å²) in [4.78, 5) is 51.9. The average molecular weight is 412 g/mol. The molecule has 0 spiro atoms. The number of aromatic nitrogens is 6. The Hall–Kier alpha value is -3.50. The monoisotopic (exact) mass is 412 g/mol. The summed E-state index contributed by atoms with van der Waals surface area (Å²) in [5.41, 5.74) is -0.537. The van der Waals surface area contributed by atoms with Crippen LogP contribution in [0, 0.1) is 5.92 Å². The summed E-state index contributed by atoms with van der Waals surface area (Å²) < 4.78 is 3.70. The van der Waals surface area contributed by atoms with E-state index in [1.54, 1.807) is 6.07 Å². The Morgan fingerprint density at radius 3 is 2.60 bits per heavy atom. The Kier molecular flexibility index (Phi) is 5.10. The number of aryl methyl sites for hydroxylation is 1. The molecule has 0 saturated carbocycles. The summed E-state index contributed by atoms with van der Waals surface area (Å²) in [6.45, 7) is 3.96. The number of hydrogen-bond acceptors (Lipinski definition) is 7. The van der Waals surface area contributed by atoms with Gasteiger partial charge in [0.2, 0.25) is 5.91 Å². The van der Waals surface area contributed by atoms with Gasteiger partial charge < -0.3 is 14.8 Å². The number of piperidine rings is 1. The van der Waals surface area contributed by atoms with Gasteiger partial charge in [0.25, 0.3) is 5.56 Å². The summed E-state index contributed by atoms with van der Waals surface area (Å²) in [7, 11) is 2.93. The highest BCUT2D eigenvalue weighted by molar-refractivity contribution is 5.90. The molecule has 1 aliphatic heterocycles. The summed E-state index contributed by atoms with van der Waals surface area (Å²) in [6, 6.07) is 1.75. The molecule has 158 valence electrons. The molecule has 3 aromatic heterocycles. The van der Waals surface area contributed by atoms with Gasteiger partial charge in [-0.05, 0) is 18.8 Å². The number of fused-ring (bicyclic) bond motifs is 1. The molecule has 1 saturated heterocycles. The highest BCUT2D eigenvalue weighted by Crippen LogP contribution is 2.22. The van der Waals surface area contributed by atoms with E-state index in [1.165, 1.54) is 35.9 Å². The van der Waals surface area contributed by atoms with Crippen LogP contribution in [0.3, 0.4) is 0 Å². The lowest BCUT2D eigenvalue weighted by Crippen LogP contribution is -2.37. The predicted octanol–water partition coefficient (Wildman–Crippen LogP) is 0.0987. The van der Waals surface area contributed by atoms with Gasteiger partial charge in [0.15, 0.2) is 11.2 Å². The van der Waals surface area contributed by atoms with Crippen molar-refractivity contribution in [1.82, 2.24) is 28.7 Å². The van der Waals surface area contributed by atoms with E-state index in [2.05, 4.69) is 32.1 Å². The summed E-state index contributed by atoms with van der Waals surface area (Å²) in [5.74, 6) is 1.53. The van der Waals surface area contributed by atoms with Crippen LogP contribution in [0.5, 0.6) is 0 Å². The van der Waals surface area contributed by atoms with Crippen LogP contribution in [0.15, 0.2) is 28.3 Å². The zero-order valence-corrected chi connectivity index (χ0v) is 17.2. The van der Waals surface area contributed by atoms with Gasteiger partial charge in [-0.25, -0.2) is 19.7 Å². The molecule has 11 heteroatoms. The van der Waals surface area contributed by atoms with Crippen LogP contribution in [0.1, 0.15) is 19.8 Å². The first kappa shape index (κ1) is 19.8. The van der Waals surface area contributed by atoms with Crippen molar-refractivity contribution < 1.29 is 4.79 Å². The highest BCUT2D eigenvalue weighted by atomic mass is 16.2. The van der Waals surface area contributed by atoms with E-state index in [0.29, 0.717) is 11.7 Å². The van der Waals surface area contributed by atoms with Crippen molar-refractivity contribution in [2.75, 3.05) is 23.3 Å². The van der Waals surface area contributed by atoms with E-state index in [-0.39, 0.29) is 23.6 Å². The third-order valence-electron chi connectivity index (χ3n) is 5.56. The van der Waals surface area contributed by atoms with Crippen molar-refractivity contribution in [2.45, 2.75) is 26.3 Å². The Morgan fingerprint density at radius 1 is 1.13 bits per heavy atom. The van der Waals surface area contributed by atoms with Gasteiger partial charge in [-0.15, -0.1) is 0 Å². The molecule has 1 aliphatic rings. The summed E-state index contributed by atoms with van der Waals surface area (Å²) in [6.07, 6.45) is 5.03. The molecule has 0 radical (unpaired) electrons. The molecular weight excluding hydrogens is 388 g/mol. The molecule has 1 fully saturated rings. The number of rotatable bonds is 4. The molecule has 0 unspecified atom stereocenters. The van der Waals surface area contributed by atoms with Crippen LogP contribution < -0.4 is 21.5 Å². The predicted molar refractivity (Wildman–Crippen MR) is 111 cm³/mol. The molecule has 0 atom stereocenters. The van der Waals surface area contributed by atoms with Crippen molar-refractivity contribution in [3.63, 3.8) is 0 Å². The quantitative estimate of drug-likeness (QED) is 0.645. The fraction of sp³-hybridized carbons (Fsp3) is 0.474. The molecule has 3 aromatic rings. The second-order valence-corrected chi connectivity index (χ2v) is 7.73. The number of carbonyl (C=O) groups excluding carboxylic acids is 1. The van der Waals surface area contributed by atoms with Crippen molar-refractivity contribution >= 4 is 28.7 Å². The fourth-order valence-corrected chi connectivity index (χ4v) is 3.68. The van der Waals surface area contributed by atoms with E-state index in [4.69, 9.17) is 0 Å². The van der Waals surface area contributed by atoms with Gasteiger partial charge in [-0.1, -0.05) is 6.92 Å². The molecule has 1 amide bonds. The van der Waals surface area contributed by atoms with Crippen LogP contribution in [-0.2, 0) is 25.4 Å². The van der Waals surface area contributed by atoms with E-state index in [9.17, 15) is 14.4 Å². The van der Waals surface area contributed by atoms with Crippen LogP contribution in [0.4, 0.5) is 11.6 Å². The number of imidazole rings is 1. The zero-order valence-electron chi connectivity index (χ0n) is 17.2. The second-order valence-electron chi connectivity index (χ2n) is 7.73. The molecule has 30 heavy (non-hydrogen) atoms. The molecular formula is C19H24N8O3. The normalized spacial score (nSPS) is 15.0. The maximum absolute atomic E-state index is 12.6. The number of hydrogen-bond donors (Lipinski definition) is 1. The van der Waals surface area contributed by atoms with Gasteiger partial charge in [0, 0.05) is 33.3 Å². The SMILES string of the molecule is CC1CCN(c2cc(NC(=O)Cn3cnc4c3c(=O)n(C)c(=O)n4C)ncn2)CC1.